The molecule has 0 saturated carbocycles. The Morgan fingerprint density at radius 2 is 1.89 bits per heavy atom. The lowest BCUT2D eigenvalue weighted by Gasteiger charge is -2.34. The average Bonchev–Trinajstić information content (AvgIpc) is 2.57. The van der Waals surface area contributed by atoms with Crippen molar-refractivity contribution >= 4 is 5.69 Å². The van der Waals surface area contributed by atoms with Crippen LogP contribution in [0.3, 0.4) is 0 Å². The molecular formula is C14H19F3N2. The van der Waals surface area contributed by atoms with Gasteiger partial charge in [0.15, 0.2) is 11.6 Å². The maximum atomic E-state index is 13.8. The van der Waals surface area contributed by atoms with Crippen LogP contribution in [0.25, 0.3) is 0 Å². The lowest BCUT2D eigenvalue weighted by Crippen LogP contribution is -2.48. The van der Waals surface area contributed by atoms with Gasteiger partial charge < -0.3 is 10.2 Å². The van der Waals surface area contributed by atoms with E-state index in [9.17, 15) is 13.2 Å². The van der Waals surface area contributed by atoms with Crippen LogP contribution in [0, 0.1) is 17.5 Å². The van der Waals surface area contributed by atoms with Gasteiger partial charge >= 0.3 is 0 Å². The molecule has 1 fully saturated rings. The van der Waals surface area contributed by atoms with E-state index in [0.29, 0.717) is 19.2 Å². The van der Waals surface area contributed by atoms with Gasteiger partial charge in [-0.25, -0.2) is 13.2 Å². The molecule has 5 heteroatoms. The van der Waals surface area contributed by atoms with Crippen molar-refractivity contribution in [1.82, 2.24) is 5.32 Å². The molecule has 1 aromatic carbocycles. The van der Waals surface area contributed by atoms with Crippen molar-refractivity contribution in [3.05, 3.63) is 29.6 Å². The minimum absolute atomic E-state index is 0.141. The number of nitrogens with zero attached hydrogens (tertiary/aromatic N) is 1. The van der Waals surface area contributed by atoms with Crippen molar-refractivity contribution in [2.75, 3.05) is 24.5 Å². The van der Waals surface area contributed by atoms with E-state index in [1.165, 1.54) is 0 Å². The lowest BCUT2D eigenvalue weighted by molar-refractivity contribution is 0.365. The third-order valence-electron chi connectivity index (χ3n) is 3.81. The monoisotopic (exact) mass is 272 g/mol. The van der Waals surface area contributed by atoms with Gasteiger partial charge in [0.2, 0.25) is 0 Å². The number of halogens is 3. The Hall–Kier alpha value is -1.23. The molecule has 1 atom stereocenters. The van der Waals surface area contributed by atoms with Crippen LogP contribution < -0.4 is 10.2 Å². The summed E-state index contributed by atoms with van der Waals surface area (Å²) >= 11 is 0. The molecule has 0 bridgehead atoms. The fourth-order valence-electron chi connectivity index (χ4n) is 2.41. The molecule has 1 aromatic rings. The highest BCUT2D eigenvalue weighted by atomic mass is 19.2. The van der Waals surface area contributed by atoms with Crippen LogP contribution in [0.5, 0.6) is 0 Å². The second kappa shape index (κ2) is 5.41. The first kappa shape index (κ1) is 14.2. The van der Waals surface area contributed by atoms with Gasteiger partial charge in [0.05, 0.1) is 5.69 Å². The Morgan fingerprint density at radius 1 is 1.21 bits per heavy atom. The number of anilines is 1. The Morgan fingerprint density at radius 3 is 2.58 bits per heavy atom. The molecule has 19 heavy (non-hydrogen) atoms. The molecule has 106 valence electrons. The van der Waals surface area contributed by atoms with Crippen molar-refractivity contribution in [3.8, 4) is 0 Å². The Balaban J connectivity index is 2.32. The first-order valence-corrected chi connectivity index (χ1v) is 6.60. The molecule has 0 amide bonds. The second-order valence-electron chi connectivity index (χ2n) is 5.33. The van der Waals surface area contributed by atoms with E-state index in [1.807, 2.05) is 0 Å². The van der Waals surface area contributed by atoms with Crippen LogP contribution in [0.1, 0.15) is 26.7 Å². The average molecular weight is 272 g/mol. The molecule has 0 aromatic heterocycles. The highest BCUT2D eigenvalue weighted by Gasteiger charge is 2.28. The highest BCUT2D eigenvalue weighted by Crippen LogP contribution is 2.26. The minimum atomic E-state index is -1.15. The summed E-state index contributed by atoms with van der Waals surface area (Å²) in [5.74, 6) is -2.86. The van der Waals surface area contributed by atoms with Gasteiger partial charge in [-0.15, -0.1) is 0 Å². The van der Waals surface area contributed by atoms with Gasteiger partial charge in [-0.2, -0.15) is 0 Å². The zero-order chi connectivity index (χ0) is 14.0. The van der Waals surface area contributed by atoms with E-state index < -0.39 is 17.5 Å². The Labute approximate surface area is 111 Å². The van der Waals surface area contributed by atoms with Crippen LogP contribution in [0.4, 0.5) is 18.9 Å². The summed E-state index contributed by atoms with van der Waals surface area (Å²) < 4.78 is 40.1. The summed E-state index contributed by atoms with van der Waals surface area (Å²) in [5.41, 5.74) is -0.00404. The van der Waals surface area contributed by atoms with Crippen LogP contribution in [0.2, 0.25) is 0 Å². The molecule has 1 heterocycles. The first-order chi connectivity index (χ1) is 8.95. The molecule has 1 saturated heterocycles. The molecule has 2 nitrogen and oxygen atoms in total. The van der Waals surface area contributed by atoms with Crippen LogP contribution in [0.15, 0.2) is 12.1 Å². The standard InChI is InChI=1S/C14H19F3N2/c1-3-14(2)9-19(6-4-5-18-14)13-8-11(16)10(15)7-12(13)17/h7-8,18H,3-6,9H2,1-2H3. The van der Waals surface area contributed by atoms with Crippen LogP contribution in [-0.4, -0.2) is 25.2 Å². The van der Waals surface area contributed by atoms with E-state index in [4.69, 9.17) is 0 Å². The van der Waals surface area contributed by atoms with Crippen molar-refractivity contribution < 1.29 is 13.2 Å². The highest BCUT2D eigenvalue weighted by molar-refractivity contribution is 5.49. The van der Waals surface area contributed by atoms with Crippen molar-refractivity contribution in [3.63, 3.8) is 0 Å². The maximum absolute atomic E-state index is 13.8. The van der Waals surface area contributed by atoms with Crippen molar-refractivity contribution in [1.29, 1.82) is 0 Å². The summed E-state index contributed by atoms with van der Waals surface area (Å²) in [5, 5.41) is 3.42. The Bertz CT molecular complexity index is 464. The van der Waals surface area contributed by atoms with Gasteiger partial charge in [0.25, 0.3) is 0 Å². The second-order valence-corrected chi connectivity index (χ2v) is 5.33. The quantitative estimate of drug-likeness (QED) is 0.832. The van der Waals surface area contributed by atoms with Crippen LogP contribution >= 0.6 is 0 Å². The van der Waals surface area contributed by atoms with Gasteiger partial charge in [-0.3, -0.25) is 0 Å². The minimum Gasteiger partial charge on any atom is -0.367 e. The van der Waals surface area contributed by atoms with Crippen LogP contribution in [-0.2, 0) is 0 Å². The summed E-state index contributed by atoms with van der Waals surface area (Å²) in [7, 11) is 0. The van der Waals surface area contributed by atoms with E-state index in [1.54, 1.807) is 4.90 Å². The van der Waals surface area contributed by atoms with E-state index in [2.05, 4.69) is 19.2 Å². The summed E-state index contributed by atoms with van der Waals surface area (Å²) in [4.78, 5) is 1.79. The number of hydrogen-bond acceptors (Lipinski definition) is 2. The smallest absolute Gasteiger partial charge is 0.161 e. The molecule has 1 aliphatic rings. The van der Waals surface area contributed by atoms with E-state index in [-0.39, 0.29) is 11.2 Å². The van der Waals surface area contributed by atoms with E-state index in [0.717, 1.165) is 25.5 Å². The number of hydrogen-bond donors (Lipinski definition) is 1. The predicted octanol–water partition coefficient (Wildman–Crippen LogP) is 3.07. The Kier molecular flexibility index (Phi) is 4.04. The molecule has 1 unspecified atom stereocenters. The van der Waals surface area contributed by atoms with Gasteiger partial charge in [-0.1, -0.05) is 6.92 Å². The lowest BCUT2D eigenvalue weighted by atomic mass is 9.98. The van der Waals surface area contributed by atoms with Gasteiger partial charge in [0.1, 0.15) is 5.82 Å². The largest absolute Gasteiger partial charge is 0.367 e. The molecule has 2 rings (SSSR count). The van der Waals surface area contributed by atoms with E-state index >= 15 is 0 Å². The third-order valence-corrected chi connectivity index (χ3v) is 3.81. The van der Waals surface area contributed by atoms with Gasteiger partial charge in [-0.05, 0) is 26.3 Å². The van der Waals surface area contributed by atoms with Crippen molar-refractivity contribution in [2.24, 2.45) is 0 Å². The molecule has 0 radical (unpaired) electrons. The fourth-order valence-corrected chi connectivity index (χ4v) is 2.41. The maximum Gasteiger partial charge on any atom is 0.161 e. The predicted molar refractivity (Wildman–Crippen MR) is 69.8 cm³/mol. The third kappa shape index (κ3) is 3.03. The van der Waals surface area contributed by atoms with Crippen molar-refractivity contribution in [2.45, 2.75) is 32.2 Å². The number of benzene rings is 1. The first-order valence-electron chi connectivity index (χ1n) is 6.60. The summed E-state index contributed by atoms with van der Waals surface area (Å²) in [6.07, 6.45) is 1.73. The summed E-state index contributed by atoms with van der Waals surface area (Å²) in [6, 6.07) is 1.57. The fraction of sp³-hybridized carbons (Fsp3) is 0.571. The number of rotatable bonds is 2. The SMILES string of the molecule is CCC1(C)CN(c2cc(F)c(F)cc2F)CCCN1. The topological polar surface area (TPSA) is 15.3 Å². The zero-order valence-electron chi connectivity index (χ0n) is 11.3. The number of nitrogens with one attached hydrogen (secondary N) is 1. The molecule has 1 N–H and O–H groups in total. The zero-order valence-corrected chi connectivity index (χ0v) is 11.3. The molecule has 0 spiro atoms. The molecular weight excluding hydrogens is 253 g/mol. The normalized spacial score (nSPS) is 24.4. The molecule has 0 aliphatic carbocycles. The summed E-state index contributed by atoms with van der Waals surface area (Å²) in [6.45, 7) is 6.16. The molecule has 1 aliphatic heterocycles. The van der Waals surface area contributed by atoms with Gasteiger partial charge in [0, 0.05) is 30.8 Å².